The Morgan fingerprint density at radius 1 is 1.45 bits per heavy atom. The summed E-state index contributed by atoms with van der Waals surface area (Å²) in [6.07, 6.45) is 0.706. The molecule has 1 amide bonds. The molecule has 1 unspecified atom stereocenters. The Labute approximate surface area is 115 Å². The summed E-state index contributed by atoms with van der Waals surface area (Å²) in [6, 6.07) is 5.71. The predicted octanol–water partition coefficient (Wildman–Crippen LogP) is 0.302. The van der Waals surface area contributed by atoms with Crippen molar-refractivity contribution in [3.05, 3.63) is 39.9 Å². The first-order valence-electron chi connectivity index (χ1n) is 6.15. The van der Waals surface area contributed by atoms with Crippen LogP contribution in [0.2, 0.25) is 0 Å². The molecule has 106 valence electrons. The van der Waals surface area contributed by atoms with E-state index in [-0.39, 0.29) is 17.6 Å². The van der Waals surface area contributed by atoms with E-state index >= 15 is 0 Å². The highest BCUT2D eigenvalue weighted by atomic mass is 16.6. The summed E-state index contributed by atoms with van der Waals surface area (Å²) in [5, 5.41) is 14.5. The molecule has 1 heterocycles. The van der Waals surface area contributed by atoms with Crippen molar-refractivity contribution in [1.82, 2.24) is 16.3 Å². The van der Waals surface area contributed by atoms with Crippen LogP contribution in [0.5, 0.6) is 0 Å². The summed E-state index contributed by atoms with van der Waals surface area (Å²) < 4.78 is 0. The average molecular weight is 277 g/mol. The standard InChI is InChI=1S/C12H15N5O3/c1-8(9-2-4-10(5-3-9)17(19)20)14-16-12(18)11-6-7-13-15-11/h2-5,11,13,15H,6-7H2,1H3,(H,16,18)/b14-8-. The van der Waals surface area contributed by atoms with Crippen LogP contribution in [-0.4, -0.2) is 29.1 Å². The van der Waals surface area contributed by atoms with Gasteiger partial charge >= 0.3 is 0 Å². The monoisotopic (exact) mass is 277 g/mol. The molecule has 8 heteroatoms. The van der Waals surface area contributed by atoms with Crippen LogP contribution < -0.4 is 16.3 Å². The largest absolute Gasteiger partial charge is 0.271 e. The van der Waals surface area contributed by atoms with Gasteiger partial charge in [0.25, 0.3) is 11.6 Å². The molecule has 1 saturated heterocycles. The zero-order chi connectivity index (χ0) is 14.5. The van der Waals surface area contributed by atoms with E-state index < -0.39 is 4.92 Å². The van der Waals surface area contributed by atoms with E-state index in [1.54, 1.807) is 19.1 Å². The van der Waals surface area contributed by atoms with Crippen molar-refractivity contribution in [3.8, 4) is 0 Å². The zero-order valence-corrected chi connectivity index (χ0v) is 10.9. The number of carbonyl (C=O) groups excluding carboxylic acids is 1. The van der Waals surface area contributed by atoms with Crippen LogP contribution >= 0.6 is 0 Å². The second kappa shape index (κ2) is 6.22. The fourth-order valence-corrected chi connectivity index (χ4v) is 1.79. The van der Waals surface area contributed by atoms with E-state index in [1.807, 2.05) is 0 Å². The molecular weight excluding hydrogens is 262 g/mol. The van der Waals surface area contributed by atoms with Gasteiger partial charge in [-0.05, 0) is 31.0 Å². The number of nitro groups is 1. The lowest BCUT2D eigenvalue weighted by Gasteiger charge is -2.07. The first-order chi connectivity index (χ1) is 9.58. The lowest BCUT2D eigenvalue weighted by molar-refractivity contribution is -0.384. The summed E-state index contributed by atoms with van der Waals surface area (Å²) in [6.45, 7) is 2.46. The molecule has 0 radical (unpaired) electrons. The van der Waals surface area contributed by atoms with Crippen LogP contribution in [0.1, 0.15) is 18.9 Å². The van der Waals surface area contributed by atoms with Crippen molar-refractivity contribution in [3.63, 3.8) is 0 Å². The maximum atomic E-state index is 11.7. The Bertz CT molecular complexity index is 535. The number of amides is 1. The third-order valence-corrected chi connectivity index (χ3v) is 2.98. The minimum absolute atomic E-state index is 0.0202. The summed E-state index contributed by atoms with van der Waals surface area (Å²) in [5.41, 5.74) is 9.49. The molecule has 0 saturated carbocycles. The molecule has 8 nitrogen and oxygen atoms in total. The molecule has 3 N–H and O–H groups in total. The summed E-state index contributed by atoms with van der Waals surface area (Å²) in [7, 11) is 0. The van der Waals surface area contributed by atoms with Gasteiger partial charge in [0, 0.05) is 18.7 Å². The van der Waals surface area contributed by atoms with Gasteiger partial charge in [-0.15, -0.1) is 0 Å². The predicted molar refractivity (Wildman–Crippen MR) is 73.0 cm³/mol. The van der Waals surface area contributed by atoms with Crippen LogP contribution in [0, 0.1) is 10.1 Å². The summed E-state index contributed by atoms with van der Waals surface area (Å²) in [5.74, 6) is -0.212. The Morgan fingerprint density at radius 3 is 2.70 bits per heavy atom. The Kier molecular flexibility index (Phi) is 4.38. The van der Waals surface area contributed by atoms with E-state index in [1.165, 1.54) is 12.1 Å². The van der Waals surface area contributed by atoms with Crippen LogP contribution in [0.25, 0.3) is 0 Å². The van der Waals surface area contributed by atoms with Gasteiger partial charge in [0.2, 0.25) is 0 Å². The number of carbonyl (C=O) groups is 1. The number of benzene rings is 1. The number of non-ortho nitro benzene ring substituents is 1. The summed E-state index contributed by atoms with van der Waals surface area (Å²) >= 11 is 0. The van der Waals surface area contributed by atoms with Gasteiger partial charge in [-0.3, -0.25) is 20.3 Å². The minimum Gasteiger partial charge on any atom is -0.271 e. The molecule has 1 aliphatic heterocycles. The molecular formula is C12H15N5O3. The zero-order valence-electron chi connectivity index (χ0n) is 10.9. The average Bonchev–Trinajstić information content (AvgIpc) is 2.98. The molecule has 0 aliphatic carbocycles. The number of nitro benzene ring substituents is 1. The van der Waals surface area contributed by atoms with Crippen LogP contribution in [0.3, 0.4) is 0 Å². The normalized spacial score (nSPS) is 18.9. The Morgan fingerprint density at radius 2 is 2.15 bits per heavy atom. The maximum Gasteiger partial charge on any atom is 0.269 e. The minimum atomic E-state index is -0.462. The number of hydrogen-bond donors (Lipinski definition) is 3. The number of nitrogens with one attached hydrogen (secondary N) is 3. The molecule has 1 atom stereocenters. The fourth-order valence-electron chi connectivity index (χ4n) is 1.79. The number of nitrogens with zero attached hydrogens (tertiary/aromatic N) is 2. The van der Waals surface area contributed by atoms with Gasteiger partial charge in [0.1, 0.15) is 6.04 Å². The highest BCUT2D eigenvalue weighted by molar-refractivity contribution is 5.99. The van der Waals surface area contributed by atoms with E-state index in [0.29, 0.717) is 17.7 Å². The topological polar surface area (TPSA) is 109 Å². The fraction of sp³-hybridized carbons (Fsp3) is 0.333. The van der Waals surface area contributed by atoms with Crippen molar-refractivity contribution >= 4 is 17.3 Å². The second-order valence-corrected chi connectivity index (χ2v) is 4.39. The van der Waals surface area contributed by atoms with Gasteiger partial charge in [0.15, 0.2) is 0 Å². The van der Waals surface area contributed by atoms with Crippen molar-refractivity contribution in [2.45, 2.75) is 19.4 Å². The van der Waals surface area contributed by atoms with Gasteiger partial charge in [-0.2, -0.15) is 5.10 Å². The molecule has 1 aromatic carbocycles. The van der Waals surface area contributed by atoms with Crippen LogP contribution in [-0.2, 0) is 4.79 Å². The maximum absolute atomic E-state index is 11.7. The second-order valence-electron chi connectivity index (χ2n) is 4.39. The smallest absolute Gasteiger partial charge is 0.269 e. The van der Waals surface area contributed by atoms with Gasteiger partial charge in [-0.1, -0.05) is 0 Å². The number of rotatable bonds is 4. The third-order valence-electron chi connectivity index (χ3n) is 2.98. The molecule has 0 spiro atoms. The number of hydrazine groups is 1. The highest BCUT2D eigenvalue weighted by Crippen LogP contribution is 2.12. The van der Waals surface area contributed by atoms with E-state index in [0.717, 1.165) is 6.54 Å². The first kappa shape index (κ1) is 14.1. The lowest BCUT2D eigenvalue weighted by Crippen LogP contribution is -2.41. The quantitative estimate of drug-likeness (QED) is 0.417. The van der Waals surface area contributed by atoms with Gasteiger partial charge < -0.3 is 0 Å². The first-order valence-corrected chi connectivity index (χ1v) is 6.15. The van der Waals surface area contributed by atoms with E-state index in [4.69, 9.17) is 0 Å². The van der Waals surface area contributed by atoms with Gasteiger partial charge in [0.05, 0.1) is 10.6 Å². The van der Waals surface area contributed by atoms with Crippen molar-refractivity contribution in [2.24, 2.45) is 5.10 Å². The molecule has 1 aromatic rings. The molecule has 0 aromatic heterocycles. The van der Waals surface area contributed by atoms with Crippen molar-refractivity contribution < 1.29 is 9.72 Å². The van der Waals surface area contributed by atoms with Crippen molar-refractivity contribution in [1.29, 1.82) is 0 Å². The number of hydrazone groups is 1. The van der Waals surface area contributed by atoms with Crippen LogP contribution in [0.15, 0.2) is 29.4 Å². The Balaban J connectivity index is 1.98. The van der Waals surface area contributed by atoms with Crippen molar-refractivity contribution in [2.75, 3.05) is 6.54 Å². The van der Waals surface area contributed by atoms with E-state index in [9.17, 15) is 14.9 Å². The molecule has 20 heavy (non-hydrogen) atoms. The van der Waals surface area contributed by atoms with E-state index in [2.05, 4.69) is 21.4 Å². The molecule has 2 rings (SSSR count). The molecule has 1 fully saturated rings. The molecule has 1 aliphatic rings. The lowest BCUT2D eigenvalue weighted by atomic mass is 10.1. The number of hydrogen-bond acceptors (Lipinski definition) is 6. The third kappa shape index (κ3) is 3.37. The highest BCUT2D eigenvalue weighted by Gasteiger charge is 2.21. The Hall–Kier alpha value is -2.32. The molecule has 0 bridgehead atoms. The van der Waals surface area contributed by atoms with Crippen LogP contribution in [0.4, 0.5) is 5.69 Å². The van der Waals surface area contributed by atoms with Gasteiger partial charge in [-0.25, -0.2) is 10.9 Å². The SMILES string of the molecule is C/C(=N/NC(=O)C1CCNN1)c1ccc([N+](=O)[O-])cc1. The summed E-state index contributed by atoms with van der Waals surface area (Å²) in [4.78, 5) is 21.8.